The van der Waals surface area contributed by atoms with Crippen LogP contribution in [0.25, 0.3) is 0 Å². The lowest BCUT2D eigenvalue weighted by molar-refractivity contribution is -0.163. The average Bonchev–Trinajstić information content (AvgIpc) is 2.51. The first kappa shape index (κ1) is 19.6. The first-order valence-corrected chi connectivity index (χ1v) is 8.28. The van der Waals surface area contributed by atoms with Crippen LogP contribution in [0.3, 0.4) is 0 Å². The van der Waals surface area contributed by atoms with Crippen LogP contribution in [0.5, 0.6) is 0 Å². The molecule has 2 N–H and O–H groups in total. The Balaban J connectivity index is 2.45. The lowest BCUT2D eigenvalue weighted by atomic mass is 9.98. The van der Waals surface area contributed by atoms with E-state index in [9.17, 15) is 19.8 Å². The molecule has 23 heavy (non-hydrogen) atoms. The number of allylic oxidation sites excluding steroid dienone is 1. The quantitative estimate of drug-likeness (QED) is 0.438. The van der Waals surface area contributed by atoms with Gasteiger partial charge in [0.2, 0.25) is 0 Å². The summed E-state index contributed by atoms with van der Waals surface area (Å²) in [6, 6.07) is 0. The van der Waals surface area contributed by atoms with E-state index < -0.39 is 30.2 Å². The van der Waals surface area contributed by atoms with E-state index in [0.717, 1.165) is 19.3 Å². The predicted molar refractivity (Wildman–Crippen MR) is 84.5 cm³/mol. The molecule has 4 atom stereocenters. The summed E-state index contributed by atoms with van der Waals surface area (Å²) >= 11 is 0. The van der Waals surface area contributed by atoms with Gasteiger partial charge >= 0.3 is 11.9 Å². The summed E-state index contributed by atoms with van der Waals surface area (Å²) in [4.78, 5) is 22.7. The number of hydrogen-bond acceptors (Lipinski definition) is 6. The van der Waals surface area contributed by atoms with Crippen molar-refractivity contribution in [2.24, 2.45) is 5.92 Å². The Morgan fingerprint density at radius 2 is 2.09 bits per heavy atom. The second-order valence-electron chi connectivity index (χ2n) is 6.02. The van der Waals surface area contributed by atoms with Crippen LogP contribution >= 0.6 is 0 Å². The second kappa shape index (κ2) is 10.4. The van der Waals surface area contributed by atoms with Gasteiger partial charge in [0.05, 0.1) is 24.7 Å². The fourth-order valence-corrected chi connectivity index (χ4v) is 2.42. The van der Waals surface area contributed by atoms with Crippen molar-refractivity contribution in [3.8, 4) is 0 Å². The molecular weight excluding hydrogens is 300 g/mol. The molecule has 6 nitrogen and oxygen atoms in total. The van der Waals surface area contributed by atoms with Gasteiger partial charge in [-0.15, -0.1) is 0 Å². The highest BCUT2D eigenvalue weighted by Crippen LogP contribution is 2.19. The molecular formula is C17H28O6. The van der Waals surface area contributed by atoms with E-state index in [1.807, 2.05) is 0 Å². The number of hydrogen-bond donors (Lipinski definition) is 2. The molecule has 0 aromatic carbocycles. The Morgan fingerprint density at radius 1 is 1.35 bits per heavy atom. The minimum absolute atomic E-state index is 0.290. The molecule has 0 saturated carbocycles. The molecule has 0 spiro atoms. The van der Waals surface area contributed by atoms with Crippen molar-refractivity contribution in [3.63, 3.8) is 0 Å². The lowest BCUT2D eigenvalue weighted by Crippen LogP contribution is -2.36. The van der Waals surface area contributed by atoms with Crippen molar-refractivity contribution in [2.75, 3.05) is 6.61 Å². The van der Waals surface area contributed by atoms with Crippen LogP contribution in [0, 0.1) is 5.92 Å². The molecule has 6 heteroatoms. The molecule has 0 aromatic heterocycles. The minimum atomic E-state index is -0.859. The maximum atomic E-state index is 12.0. The normalized spacial score (nSPS) is 29.0. The van der Waals surface area contributed by atoms with E-state index in [0.29, 0.717) is 25.9 Å². The molecule has 0 aromatic rings. The summed E-state index contributed by atoms with van der Waals surface area (Å²) in [5.41, 5.74) is 0. The summed E-state index contributed by atoms with van der Waals surface area (Å²) in [6.45, 7) is 3.37. The van der Waals surface area contributed by atoms with Crippen molar-refractivity contribution in [3.05, 3.63) is 12.2 Å². The zero-order valence-electron chi connectivity index (χ0n) is 13.9. The van der Waals surface area contributed by atoms with Crippen LogP contribution in [0.1, 0.15) is 52.4 Å². The molecule has 1 rings (SSSR count). The molecule has 0 amide bonds. The van der Waals surface area contributed by atoms with Gasteiger partial charge < -0.3 is 19.7 Å². The number of carbonyl (C=O) groups excluding carboxylic acids is 2. The third-order valence-corrected chi connectivity index (χ3v) is 3.98. The largest absolute Gasteiger partial charge is 0.466 e. The first-order valence-electron chi connectivity index (χ1n) is 8.28. The number of cyclic esters (lactones) is 1. The maximum Gasteiger partial charge on any atom is 0.311 e. The molecule has 1 heterocycles. The van der Waals surface area contributed by atoms with E-state index in [-0.39, 0.29) is 5.97 Å². The van der Waals surface area contributed by atoms with Gasteiger partial charge in [-0.2, -0.15) is 0 Å². The van der Waals surface area contributed by atoms with Crippen molar-refractivity contribution < 1.29 is 29.3 Å². The monoisotopic (exact) mass is 328 g/mol. The molecule has 0 saturated heterocycles. The predicted octanol–water partition coefficient (Wildman–Crippen LogP) is 1.73. The van der Waals surface area contributed by atoms with Crippen molar-refractivity contribution in [2.45, 2.75) is 70.7 Å². The summed E-state index contributed by atoms with van der Waals surface area (Å²) in [5.74, 6) is -1.43. The van der Waals surface area contributed by atoms with Crippen LogP contribution in [-0.4, -0.2) is 47.1 Å². The van der Waals surface area contributed by atoms with Gasteiger partial charge in [-0.05, 0) is 45.4 Å². The minimum Gasteiger partial charge on any atom is -0.466 e. The number of aliphatic hydroxyl groups is 2. The number of unbranched alkanes of at least 4 members (excludes halogenated alkanes) is 2. The van der Waals surface area contributed by atoms with Gasteiger partial charge in [-0.3, -0.25) is 9.59 Å². The van der Waals surface area contributed by atoms with Gasteiger partial charge in [0.25, 0.3) is 0 Å². The van der Waals surface area contributed by atoms with Crippen molar-refractivity contribution >= 4 is 11.9 Å². The molecule has 1 aliphatic rings. The topological polar surface area (TPSA) is 93.1 Å². The number of esters is 2. The van der Waals surface area contributed by atoms with E-state index in [1.54, 1.807) is 19.1 Å². The molecule has 0 radical (unpaired) electrons. The number of aliphatic hydroxyl groups excluding tert-OH is 2. The molecule has 0 aliphatic carbocycles. The third kappa shape index (κ3) is 7.61. The Labute approximate surface area is 137 Å². The number of carbonyl (C=O) groups is 2. The highest BCUT2D eigenvalue weighted by atomic mass is 16.6. The molecule has 0 bridgehead atoms. The van der Waals surface area contributed by atoms with E-state index >= 15 is 0 Å². The average molecular weight is 328 g/mol. The Morgan fingerprint density at radius 3 is 2.78 bits per heavy atom. The SMILES string of the molecule is CC(=O)OCCCCC[C@H]1OC(=O)[C@H](C)[C@H](O)C=CCC[C@@H]1O. The highest BCUT2D eigenvalue weighted by Gasteiger charge is 2.28. The Bertz CT molecular complexity index is 406. The summed E-state index contributed by atoms with van der Waals surface area (Å²) in [6.07, 6.45) is 5.25. The Hall–Kier alpha value is -1.40. The van der Waals surface area contributed by atoms with Gasteiger partial charge in [-0.25, -0.2) is 0 Å². The summed E-state index contributed by atoms with van der Waals surface area (Å²) < 4.78 is 10.3. The smallest absolute Gasteiger partial charge is 0.311 e. The van der Waals surface area contributed by atoms with E-state index in [2.05, 4.69) is 0 Å². The second-order valence-corrected chi connectivity index (χ2v) is 6.02. The van der Waals surface area contributed by atoms with Gasteiger partial charge in [0.1, 0.15) is 6.10 Å². The first-order chi connectivity index (χ1) is 10.9. The van der Waals surface area contributed by atoms with Gasteiger partial charge in [0.15, 0.2) is 0 Å². The fraction of sp³-hybridized carbons (Fsp3) is 0.765. The summed E-state index contributed by atoms with van der Waals surface area (Å²) in [7, 11) is 0. The maximum absolute atomic E-state index is 12.0. The summed E-state index contributed by atoms with van der Waals surface area (Å²) in [5, 5.41) is 20.0. The number of ether oxygens (including phenoxy) is 2. The van der Waals surface area contributed by atoms with Crippen LogP contribution < -0.4 is 0 Å². The standard InChI is InChI=1S/C17H28O6/c1-12-14(19)8-5-6-9-15(20)16(23-17(12)21)10-4-3-7-11-22-13(2)18/h5,8,12,14-16,19-20H,3-4,6-7,9-11H2,1-2H3/t12-,14-,15+,16-/m1/s1. The lowest BCUT2D eigenvalue weighted by Gasteiger charge is -2.26. The van der Waals surface area contributed by atoms with Crippen LogP contribution in [0.4, 0.5) is 0 Å². The highest BCUT2D eigenvalue weighted by molar-refractivity contribution is 5.73. The zero-order valence-corrected chi connectivity index (χ0v) is 13.9. The van der Waals surface area contributed by atoms with Crippen molar-refractivity contribution in [1.29, 1.82) is 0 Å². The van der Waals surface area contributed by atoms with E-state index in [1.165, 1.54) is 6.92 Å². The third-order valence-electron chi connectivity index (χ3n) is 3.98. The number of rotatable bonds is 6. The van der Waals surface area contributed by atoms with E-state index in [4.69, 9.17) is 9.47 Å². The fourth-order valence-electron chi connectivity index (χ4n) is 2.42. The van der Waals surface area contributed by atoms with Gasteiger partial charge in [-0.1, -0.05) is 12.2 Å². The molecule has 0 fully saturated rings. The zero-order chi connectivity index (χ0) is 17.2. The van der Waals surface area contributed by atoms with Crippen molar-refractivity contribution in [1.82, 2.24) is 0 Å². The van der Waals surface area contributed by atoms with Crippen LogP contribution in [0.2, 0.25) is 0 Å². The molecule has 0 unspecified atom stereocenters. The van der Waals surface area contributed by atoms with Crippen LogP contribution in [-0.2, 0) is 19.1 Å². The Kier molecular flexibility index (Phi) is 8.87. The molecule has 132 valence electrons. The molecule has 1 aliphatic heterocycles. The van der Waals surface area contributed by atoms with Gasteiger partial charge in [0, 0.05) is 6.92 Å². The van der Waals surface area contributed by atoms with Crippen LogP contribution in [0.15, 0.2) is 12.2 Å².